The molecule has 8 nitrogen and oxygen atoms in total. The van der Waals surface area contributed by atoms with Gasteiger partial charge in [0.25, 0.3) is 5.91 Å². The first kappa shape index (κ1) is 29.3. The molecule has 3 unspecified atom stereocenters. The van der Waals surface area contributed by atoms with Crippen molar-refractivity contribution in [3.63, 3.8) is 0 Å². The third kappa shape index (κ3) is 5.55. The average molecular weight is 595 g/mol. The van der Waals surface area contributed by atoms with Gasteiger partial charge >= 0.3 is 6.18 Å². The maximum Gasteiger partial charge on any atom is 0.417 e. The van der Waals surface area contributed by atoms with Gasteiger partial charge in [-0.15, -0.1) is 0 Å². The van der Waals surface area contributed by atoms with Crippen LogP contribution in [0.5, 0.6) is 0 Å². The Hall–Kier alpha value is -3.73. The summed E-state index contributed by atoms with van der Waals surface area (Å²) in [7, 11) is 0. The molecule has 5 heterocycles. The molecular formula is C32H37F3N6O2. The Morgan fingerprint density at radius 1 is 0.977 bits per heavy atom. The van der Waals surface area contributed by atoms with E-state index in [1.807, 2.05) is 15.9 Å². The van der Waals surface area contributed by atoms with Crippen molar-refractivity contribution < 1.29 is 22.8 Å². The maximum absolute atomic E-state index is 13.7. The van der Waals surface area contributed by atoms with E-state index in [1.165, 1.54) is 16.3 Å². The second-order valence-electron chi connectivity index (χ2n) is 12.4. The minimum absolute atomic E-state index is 0.0379. The lowest BCUT2D eigenvalue weighted by Crippen LogP contribution is -2.38. The molecule has 3 aliphatic heterocycles. The third-order valence-corrected chi connectivity index (χ3v) is 9.74. The van der Waals surface area contributed by atoms with E-state index in [1.54, 1.807) is 20.8 Å². The summed E-state index contributed by atoms with van der Waals surface area (Å²) in [4.78, 5) is 36.2. The Bertz CT molecular complexity index is 1490. The lowest BCUT2D eigenvalue weighted by molar-refractivity contribution is -0.137. The van der Waals surface area contributed by atoms with Gasteiger partial charge in [0.15, 0.2) is 5.82 Å². The van der Waals surface area contributed by atoms with Crippen molar-refractivity contribution in [1.29, 1.82) is 0 Å². The van der Waals surface area contributed by atoms with Crippen molar-refractivity contribution in [3.05, 3.63) is 76.7 Å². The minimum Gasteiger partial charge on any atom is -0.342 e. The van der Waals surface area contributed by atoms with E-state index >= 15 is 0 Å². The van der Waals surface area contributed by atoms with Gasteiger partial charge in [-0.3, -0.25) is 9.59 Å². The third-order valence-electron chi connectivity index (χ3n) is 9.74. The molecule has 0 spiro atoms. The second kappa shape index (κ2) is 11.1. The average Bonchev–Trinajstić information content (AvgIpc) is 3.74. The molecule has 1 aromatic carbocycles. The van der Waals surface area contributed by atoms with Crippen LogP contribution in [0.2, 0.25) is 0 Å². The molecule has 0 bridgehead atoms. The summed E-state index contributed by atoms with van der Waals surface area (Å²) in [6.45, 7) is 10.9. The van der Waals surface area contributed by atoms with Crippen molar-refractivity contribution >= 4 is 11.8 Å². The van der Waals surface area contributed by atoms with Gasteiger partial charge in [0, 0.05) is 57.8 Å². The highest BCUT2D eigenvalue weighted by molar-refractivity contribution is 5.96. The molecule has 2 amide bonds. The number of carbonyl (C=O) groups is 2. The predicted octanol–water partition coefficient (Wildman–Crippen LogP) is 4.49. The van der Waals surface area contributed by atoms with Gasteiger partial charge < -0.3 is 14.7 Å². The number of rotatable bonds is 6. The van der Waals surface area contributed by atoms with Crippen LogP contribution in [0.3, 0.4) is 0 Å². The molecule has 0 aliphatic carbocycles. The summed E-state index contributed by atoms with van der Waals surface area (Å²) >= 11 is 0. The van der Waals surface area contributed by atoms with Crippen LogP contribution in [-0.2, 0) is 16.4 Å². The van der Waals surface area contributed by atoms with Crippen molar-refractivity contribution in [2.24, 2.45) is 11.8 Å². The lowest BCUT2D eigenvalue weighted by atomic mass is 9.76. The largest absolute Gasteiger partial charge is 0.417 e. The van der Waals surface area contributed by atoms with Crippen molar-refractivity contribution in [2.45, 2.75) is 45.2 Å². The highest BCUT2D eigenvalue weighted by Crippen LogP contribution is 2.40. The topological polar surface area (TPSA) is 74.6 Å². The minimum atomic E-state index is -4.47. The molecule has 0 saturated carbocycles. The fourth-order valence-electron chi connectivity index (χ4n) is 7.34. The second-order valence-corrected chi connectivity index (χ2v) is 12.4. The number of aryl methyl sites for hydroxylation is 1. The molecule has 3 saturated heterocycles. The first-order chi connectivity index (χ1) is 20.4. The molecule has 11 heteroatoms. The zero-order valence-corrected chi connectivity index (χ0v) is 24.8. The smallest absolute Gasteiger partial charge is 0.342 e. The van der Waals surface area contributed by atoms with E-state index < -0.39 is 11.7 Å². The summed E-state index contributed by atoms with van der Waals surface area (Å²) in [6.07, 6.45) is -1.73. The van der Waals surface area contributed by atoms with Crippen molar-refractivity contribution in [1.82, 2.24) is 29.5 Å². The fraction of sp³-hybridized carbons (Fsp3) is 0.500. The SMILES string of the molecule is CC(=O)N1CCC(CCN2CC3CN(C(=O)c4c(C)nn(-c5ccc(C(F)(F)F)cn5)c4C)CC3C2)(c2ccccc2)C1. The van der Waals surface area contributed by atoms with Crippen LogP contribution >= 0.6 is 0 Å². The number of benzene rings is 1. The number of pyridine rings is 1. The molecule has 43 heavy (non-hydrogen) atoms. The molecule has 0 radical (unpaired) electrons. The molecule has 3 fully saturated rings. The fourth-order valence-corrected chi connectivity index (χ4v) is 7.34. The van der Waals surface area contributed by atoms with Gasteiger partial charge in [-0.25, -0.2) is 9.67 Å². The van der Waals surface area contributed by atoms with Crippen LogP contribution in [-0.4, -0.2) is 87.1 Å². The number of hydrogen-bond acceptors (Lipinski definition) is 5. The highest BCUT2D eigenvalue weighted by Gasteiger charge is 2.45. The molecule has 228 valence electrons. The van der Waals surface area contributed by atoms with Gasteiger partial charge in [-0.2, -0.15) is 18.3 Å². The van der Waals surface area contributed by atoms with Crippen LogP contribution in [0, 0.1) is 25.7 Å². The van der Waals surface area contributed by atoms with Gasteiger partial charge in [-0.1, -0.05) is 30.3 Å². The summed E-state index contributed by atoms with van der Waals surface area (Å²) in [5.41, 5.74) is 2.01. The van der Waals surface area contributed by atoms with Crippen LogP contribution in [0.4, 0.5) is 13.2 Å². The van der Waals surface area contributed by atoms with Crippen LogP contribution in [0.1, 0.15) is 52.6 Å². The monoisotopic (exact) mass is 594 g/mol. The van der Waals surface area contributed by atoms with Crippen molar-refractivity contribution in [3.8, 4) is 5.82 Å². The van der Waals surface area contributed by atoms with Crippen LogP contribution in [0.15, 0.2) is 48.7 Å². The summed E-state index contributed by atoms with van der Waals surface area (Å²) in [5.74, 6) is 1.06. The normalized spacial score (nSPS) is 24.1. The van der Waals surface area contributed by atoms with E-state index in [0.717, 1.165) is 57.8 Å². The van der Waals surface area contributed by atoms with Gasteiger partial charge in [0.2, 0.25) is 5.91 Å². The molecule has 3 aliphatic rings. The Balaban J connectivity index is 1.09. The number of likely N-dealkylation sites (tertiary alicyclic amines) is 3. The number of aromatic nitrogens is 3. The summed E-state index contributed by atoms with van der Waals surface area (Å²) in [6, 6.07) is 12.8. The predicted molar refractivity (Wildman–Crippen MR) is 155 cm³/mol. The Labute approximate surface area is 249 Å². The Morgan fingerprint density at radius 3 is 2.26 bits per heavy atom. The standard InChI is InChI=1S/C32H37F3N6O2/c1-21-29(22(2)41(37-21)28-10-9-27(15-36-28)32(33,34)35)30(43)40-18-24-16-38(17-25(24)19-40)13-11-31(26-7-5-4-6-8-26)12-14-39(20-31)23(3)42/h4-10,15,24-25H,11-14,16-20H2,1-3H3. The number of fused-ring (bicyclic) bond motifs is 1. The molecular weight excluding hydrogens is 557 g/mol. The number of amides is 2. The quantitative estimate of drug-likeness (QED) is 0.421. The van der Waals surface area contributed by atoms with Crippen LogP contribution in [0.25, 0.3) is 5.82 Å². The summed E-state index contributed by atoms with van der Waals surface area (Å²) in [5, 5.41) is 4.45. The van der Waals surface area contributed by atoms with Crippen molar-refractivity contribution in [2.75, 3.05) is 45.8 Å². The molecule has 6 rings (SSSR count). The highest BCUT2D eigenvalue weighted by atomic mass is 19.4. The number of halogens is 3. The first-order valence-corrected chi connectivity index (χ1v) is 14.9. The summed E-state index contributed by atoms with van der Waals surface area (Å²) < 4.78 is 40.4. The Morgan fingerprint density at radius 2 is 1.67 bits per heavy atom. The van der Waals surface area contributed by atoms with E-state index in [2.05, 4.69) is 39.2 Å². The van der Waals surface area contributed by atoms with E-state index in [0.29, 0.717) is 41.9 Å². The first-order valence-electron chi connectivity index (χ1n) is 14.9. The van der Waals surface area contributed by atoms with Gasteiger partial charge in [-0.05, 0) is 62.8 Å². The molecule has 3 aromatic rings. The van der Waals surface area contributed by atoms with Crippen LogP contribution < -0.4 is 0 Å². The zero-order chi connectivity index (χ0) is 30.5. The molecule has 3 atom stereocenters. The number of carbonyl (C=O) groups excluding carboxylic acids is 2. The van der Waals surface area contributed by atoms with E-state index in [-0.39, 0.29) is 23.0 Å². The Kier molecular flexibility index (Phi) is 7.56. The molecule has 0 N–H and O–H groups in total. The zero-order valence-electron chi connectivity index (χ0n) is 24.8. The number of nitrogens with zero attached hydrogens (tertiary/aromatic N) is 6. The maximum atomic E-state index is 13.7. The number of alkyl halides is 3. The van der Waals surface area contributed by atoms with E-state index in [9.17, 15) is 22.8 Å². The van der Waals surface area contributed by atoms with Gasteiger partial charge in [0.05, 0.1) is 22.5 Å². The number of hydrogen-bond donors (Lipinski definition) is 0. The molecule has 2 aromatic heterocycles. The lowest BCUT2D eigenvalue weighted by Gasteiger charge is -2.32. The van der Waals surface area contributed by atoms with Gasteiger partial charge in [0.1, 0.15) is 0 Å². The van der Waals surface area contributed by atoms with E-state index in [4.69, 9.17) is 0 Å².